The first-order valence-corrected chi connectivity index (χ1v) is 9.02. The van der Waals surface area contributed by atoms with Gasteiger partial charge in [0.1, 0.15) is 11.4 Å². The zero-order valence-corrected chi connectivity index (χ0v) is 14.9. The quantitative estimate of drug-likeness (QED) is 0.374. The van der Waals surface area contributed by atoms with Gasteiger partial charge in [-0.2, -0.15) is 0 Å². The van der Waals surface area contributed by atoms with Crippen LogP contribution in [0.4, 0.5) is 0 Å². The normalized spacial score (nSPS) is 10.9. The standard InChI is InChI=1S/C24H16N2O2/c1-3-8-17(9-4-1)23-15-21(25-27-23)19-12-7-13-20(14-19)22-16-24(28-26-22)18-10-5-2-6-11-18/h1-16H. The lowest BCUT2D eigenvalue weighted by atomic mass is 10.0. The van der Waals surface area contributed by atoms with Crippen molar-refractivity contribution in [2.45, 2.75) is 0 Å². The summed E-state index contributed by atoms with van der Waals surface area (Å²) in [7, 11) is 0. The van der Waals surface area contributed by atoms with E-state index in [1.165, 1.54) is 0 Å². The number of hydrogen-bond acceptors (Lipinski definition) is 4. The molecule has 0 N–H and O–H groups in total. The fourth-order valence-corrected chi connectivity index (χ4v) is 3.14. The van der Waals surface area contributed by atoms with Gasteiger partial charge in [0.25, 0.3) is 0 Å². The third-order valence-corrected chi connectivity index (χ3v) is 4.59. The van der Waals surface area contributed by atoms with E-state index >= 15 is 0 Å². The molecule has 0 atom stereocenters. The molecule has 0 saturated heterocycles. The van der Waals surface area contributed by atoms with Crippen LogP contribution >= 0.6 is 0 Å². The average molecular weight is 364 g/mol. The summed E-state index contributed by atoms with van der Waals surface area (Å²) in [5.41, 5.74) is 5.50. The molecule has 3 aromatic carbocycles. The second kappa shape index (κ2) is 7.00. The molecule has 2 aromatic heterocycles. The molecular formula is C24H16N2O2. The first kappa shape index (κ1) is 16.3. The Labute approximate surface area is 162 Å². The van der Waals surface area contributed by atoms with Crippen molar-refractivity contribution in [1.82, 2.24) is 10.3 Å². The molecule has 0 aliphatic rings. The Balaban J connectivity index is 1.46. The molecule has 0 radical (unpaired) electrons. The Kier molecular flexibility index (Phi) is 4.07. The third-order valence-electron chi connectivity index (χ3n) is 4.59. The number of nitrogens with zero attached hydrogens (tertiary/aromatic N) is 2. The SMILES string of the molecule is c1ccc(-c2cc(-c3cccc(-c4cc(-c5ccccc5)on4)c3)no2)cc1. The largest absolute Gasteiger partial charge is 0.356 e. The predicted molar refractivity (Wildman–Crippen MR) is 108 cm³/mol. The summed E-state index contributed by atoms with van der Waals surface area (Å²) in [5, 5.41) is 8.46. The Hall–Kier alpha value is -3.92. The van der Waals surface area contributed by atoms with E-state index in [0.29, 0.717) is 0 Å². The van der Waals surface area contributed by atoms with Gasteiger partial charge in [-0.05, 0) is 6.07 Å². The van der Waals surface area contributed by atoms with E-state index in [1.54, 1.807) is 0 Å². The molecule has 4 nitrogen and oxygen atoms in total. The van der Waals surface area contributed by atoms with E-state index in [1.807, 2.05) is 97.1 Å². The molecule has 134 valence electrons. The minimum atomic E-state index is 0.744. The summed E-state index contributed by atoms with van der Waals surface area (Å²) < 4.78 is 11.1. The molecule has 0 fully saturated rings. The van der Waals surface area contributed by atoms with E-state index in [4.69, 9.17) is 9.05 Å². The third kappa shape index (κ3) is 3.12. The van der Waals surface area contributed by atoms with Crippen LogP contribution in [0.5, 0.6) is 0 Å². The molecule has 0 aliphatic heterocycles. The smallest absolute Gasteiger partial charge is 0.167 e. The van der Waals surface area contributed by atoms with Crippen LogP contribution in [0.2, 0.25) is 0 Å². The molecule has 28 heavy (non-hydrogen) atoms. The Morgan fingerprint density at radius 2 is 0.857 bits per heavy atom. The zero-order chi connectivity index (χ0) is 18.8. The van der Waals surface area contributed by atoms with Gasteiger partial charge in [-0.1, -0.05) is 89.2 Å². The van der Waals surface area contributed by atoms with Gasteiger partial charge in [0.15, 0.2) is 11.5 Å². The lowest BCUT2D eigenvalue weighted by Gasteiger charge is -1.99. The van der Waals surface area contributed by atoms with Crippen LogP contribution in [0.15, 0.2) is 106 Å². The summed E-state index contributed by atoms with van der Waals surface area (Å²) in [6, 6.07) is 31.8. The Morgan fingerprint density at radius 1 is 0.429 bits per heavy atom. The van der Waals surface area contributed by atoms with E-state index < -0.39 is 0 Å². The minimum absolute atomic E-state index is 0.744. The van der Waals surface area contributed by atoms with Gasteiger partial charge >= 0.3 is 0 Å². The van der Waals surface area contributed by atoms with Crippen molar-refractivity contribution in [3.8, 4) is 45.2 Å². The second-order valence-corrected chi connectivity index (χ2v) is 6.47. The summed E-state index contributed by atoms with van der Waals surface area (Å²) in [4.78, 5) is 0. The van der Waals surface area contributed by atoms with Crippen LogP contribution in [0.1, 0.15) is 0 Å². The fourth-order valence-electron chi connectivity index (χ4n) is 3.14. The lowest BCUT2D eigenvalue weighted by molar-refractivity contribution is 0.435. The van der Waals surface area contributed by atoms with Crippen molar-refractivity contribution < 1.29 is 9.05 Å². The van der Waals surface area contributed by atoms with Crippen molar-refractivity contribution >= 4 is 0 Å². The highest BCUT2D eigenvalue weighted by Crippen LogP contribution is 2.30. The maximum Gasteiger partial charge on any atom is 0.167 e. The van der Waals surface area contributed by atoms with Gasteiger partial charge in [0.2, 0.25) is 0 Å². The zero-order valence-electron chi connectivity index (χ0n) is 14.9. The van der Waals surface area contributed by atoms with Crippen molar-refractivity contribution in [1.29, 1.82) is 0 Å². The first-order valence-electron chi connectivity index (χ1n) is 9.02. The van der Waals surface area contributed by atoms with Crippen LogP contribution in [-0.4, -0.2) is 10.3 Å². The Bertz CT molecular complexity index is 1110. The molecule has 0 unspecified atom stereocenters. The predicted octanol–water partition coefficient (Wildman–Crippen LogP) is 6.33. The number of aromatic nitrogens is 2. The van der Waals surface area contributed by atoms with E-state index in [9.17, 15) is 0 Å². The molecular weight excluding hydrogens is 348 g/mol. The minimum Gasteiger partial charge on any atom is -0.356 e. The summed E-state index contributed by atoms with van der Waals surface area (Å²) in [6.45, 7) is 0. The molecule has 2 heterocycles. The highest BCUT2D eigenvalue weighted by Gasteiger charge is 2.12. The van der Waals surface area contributed by atoms with Crippen LogP contribution in [0.25, 0.3) is 45.2 Å². The molecule has 0 aliphatic carbocycles. The topological polar surface area (TPSA) is 52.1 Å². The highest BCUT2D eigenvalue weighted by atomic mass is 16.5. The van der Waals surface area contributed by atoms with Gasteiger partial charge in [-0.3, -0.25) is 0 Å². The molecule has 5 rings (SSSR count). The molecule has 0 bridgehead atoms. The van der Waals surface area contributed by atoms with Crippen LogP contribution in [0.3, 0.4) is 0 Å². The van der Waals surface area contributed by atoms with Gasteiger partial charge in [-0.15, -0.1) is 0 Å². The summed E-state index contributed by atoms with van der Waals surface area (Å²) >= 11 is 0. The van der Waals surface area contributed by atoms with Crippen molar-refractivity contribution in [3.63, 3.8) is 0 Å². The second-order valence-electron chi connectivity index (χ2n) is 6.47. The lowest BCUT2D eigenvalue weighted by Crippen LogP contribution is -1.81. The molecule has 0 amide bonds. The average Bonchev–Trinajstić information content (AvgIpc) is 3.46. The molecule has 5 aromatic rings. The van der Waals surface area contributed by atoms with Crippen molar-refractivity contribution in [2.24, 2.45) is 0 Å². The van der Waals surface area contributed by atoms with Crippen molar-refractivity contribution in [2.75, 3.05) is 0 Å². The maximum atomic E-state index is 5.53. The van der Waals surface area contributed by atoms with Gasteiger partial charge < -0.3 is 9.05 Å². The maximum absolute atomic E-state index is 5.53. The Morgan fingerprint density at radius 3 is 1.32 bits per heavy atom. The monoisotopic (exact) mass is 364 g/mol. The molecule has 4 heteroatoms. The number of hydrogen-bond donors (Lipinski definition) is 0. The highest BCUT2D eigenvalue weighted by molar-refractivity contribution is 5.73. The van der Waals surface area contributed by atoms with Gasteiger partial charge in [0.05, 0.1) is 0 Å². The van der Waals surface area contributed by atoms with Gasteiger partial charge in [0, 0.05) is 34.4 Å². The number of benzene rings is 3. The van der Waals surface area contributed by atoms with Crippen LogP contribution < -0.4 is 0 Å². The fraction of sp³-hybridized carbons (Fsp3) is 0. The van der Waals surface area contributed by atoms with Crippen LogP contribution in [0, 0.1) is 0 Å². The summed E-state index contributed by atoms with van der Waals surface area (Å²) in [5.74, 6) is 1.49. The van der Waals surface area contributed by atoms with Crippen LogP contribution in [-0.2, 0) is 0 Å². The van der Waals surface area contributed by atoms with Crippen molar-refractivity contribution in [3.05, 3.63) is 97.1 Å². The number of rotatable bonds is 4. The molecule has 0 saturated carbocycles. The molecule has 0 spiro atoms. The summed E-state index contributed by atoms with van der Waals surface area (Å²) in [6.07, 6.45) is 0. The van der Waals surface area contributed by atoms with Gasteiger partial charge in [-0.25, -0.2) is 0 Å². The van der Waals surface area contributed by atoms with E-state index in [0.717, 1.165) is 45.2 Å². The van der Waals surface area contributed by atoms with E-state index in [2.05, 4.69) is 10.3 Å². The first-order chi connectivity index (χ1) is 13.9. The van der Waals surface area contributed by atoms with E-state index in [-0.39, 0.29) is 0 Å².